The van der Waals surface area contributed by atoms with Gasteiger partial charge in [0.05, 0.1) is 24.2 Å². The molecule has 0 aliphatic rings. The van der Waals surface area contributed by atoms with E-state index >= 15 is 0 Å². The van der Waals surface area contributed by atoms with Crippen molar-refractivity contribution in [3.05, 3.63) is 72.1 Å². The Kier molecular flexibility index (Phi) is 6.95. The van der Waals surface area contributed by atoms with Crippen LogP contribution in [0.1, 0.15) is 29.6 Å². The molecule has 0 fully saturated rings. The molecule has 0 amide bonds. The molecule has 0 saturated carbocycles. The summed E-state index contributed by atoms with van der Waals surface area (Å²) in [5, 5.41) is 8.16. The van der Waals surface area contributed by atoms with Gasteiger partial charge in [-0.3, -0.25) is 14.6 Å². The van der Waals surface area contributed by atoms with Crippen molar-refractivity contribution in [3.63, 3.8) is 0 Å². The molecule has 10 heteroatoms. The first-order valence-corrected chi connectivity index (χ1v) is 10.9. The van der Waals surface area contributed by atoms with Gasteiger partial charge >= 0.3 is 8.80 Å². The van der Waals surface area contributed by atoms with E-state index in [4.69, 9.17) is 9.16 Å². The van der Waals surface area contributed by atoms with Crippen LogP contribution in [0.3, 0.4) is 0 Å². The molecule has 2 N–H and O–H groups in total. The third-order valence-corrected chi connectivity index (χ3v) is 5.77. The van der Waals surface area contributed by atoms with Crippen LogP contribution in [-0.4, -0.2) is 50.5 Å². The van der Waals surface area contributed by atoms with Gasteiger partial charge < -0.3 is 18.8 Å². The first-order valence-electron chi connectivity index (χ1n) is 8.90. The van der Waals surface area contributed by atoms with Crippen LogP contribution in [0, 0.1) is 0 Å². The van der Waals surface area contributed by atoms with E-state index < -0.39 is 14.9 Å². The molecule has 0 radical (unpaired) electrons. The largest absolute Gasteiger partial charge is 0.495 e. The van der Waals surface area contributed by atoms with Gasteiger partial charge in [0.2, 0.25) is 0 Å². The van der Waals surface area contributed by atoms with Gasteiger partial charge in [-0.1, -0.05) is 17.3 Å². The fourth-order valence-electron chi connectivity index (χ4n) is 2.64. The van der Waals surface area contributed by atoms with E-state index in [-0.39, 0.29) is 12.7 Å². The third-order valence-electron chi connectivity index (χ3n) is 4.11. The Morgan fingerprint density at radius 3 is 2.32 bits per heavy atom. The molecule has 3 aromatic heterocycles. The molecule has 0 aliphatic heterocycles. The van der Waals surface area contributed by atoms with Crippen LogP contribution < -0.4 is 0 Å². The highest BCUT2D eigenvalue weighted by Crippen LogP contribution is 2.23. The third kappa shape index (κ3) is 5.75. The minimum Gasteiger partial charge on any atom is -0.390 e. The fraction of sp³-hybridized carbons (Fsp3) is 0.333. The molecule has 148 valence electrons. The van der Waals surface area contributed by atoms with E-state index in [2.05, 4.69) is 20.3 Å². The first kappa shape index (κ1) is 20.2. The topological polar surface area (TPSA) is 115 Å². The highest BCUT2D eigenvalue weighted by Gasteiger charge is 2.29. The Bertz CT molecular complexity index is 808. The van der Waals surface area contributed by atoms with Crippen LogP contribution >= 0.6 is 0 Å². The quantitative estimate of drug-likeness (QED) is 0.489. The first-order chi connectivity index (χ1) is 13.6. The lowest BCUT2D eigenvalue weighted by atomic mass is 10.1. The smallest absolute Gasteiger partial charge is 0.390 e. The highest BCUT2D eigenvalue weighted by atomic mass is 28.4. The molecule has 3 heterocycles. The van der Waals surface area contributed by atoms with Crippen molar-refractivity contribution in [2.45, 2.75) is 31.7 Å². The minimum atomic E-state index is -3.53. The number of ether oxygens (including phenoxy) is 1. The Morgan fingerprint density at radius 2 is 1.75 bits per heavy atom. The summed E-state index contributed by atoms with van der Waals surface area (Å²) >= 11 is 0. The van der Waals surface area contributed by atoms with E-state index in [9.17, 15) is 9.59 Å². The SMILES string of the molecule is CO[Si](O)(O)CCCn1cc(COC(c2ccccn2)c2ccccn2)nn1. The van der Waals surface area contributed by atoms with Gasteiger partial charge in [-0.2, -0.15) is 0 Å². The number of hydrogen-bond acceptors (Lipinski definition) is 8. The number of pyridine rings is 2. The second-order valence-corrected chi connectivity index (χ2v) is 8.62. The Morgan fingerprint density at radius 1 is 1.07 bits per heavy atom. The molecule has 0 unspecified atom stereocenters. The van der Waals surface area contributed by atoms with Crippen molar-refractivity contribution in [1.29, 1.82) is 0 Å². The van der Waals surface area contributed by atoms with Gasteiger partial charge in [-0.15, -0.1) is 5.10 Å². The molecule has 0 saturated heterocycles. The second-order valence-electron chi connectivity index (χ2n) is 6.22. The fourth-order valence-corrected chi connectivity index (χ4v) is 3.46. The zero-order valence-electron chi connectivity index (χ0n) is 15.5. The summed E-state index contributed by atoms with van der Waals surface area (Å²) in [6.45, 7) is 0.755. The molecular weight excluding hydrogens is 378 g/mol. The van der Waals surface area contributed by atoms with Crippen molar-refractivity contribution in [2.24, 2.45) is 0 Å². The molecule has 3 rings (SSSR count). The van der Waals surface area contributed by atoms with Crippen LogP contribution in [0.2, 0.25) is 6.04 Å². The second kappa shape index (κ2) is 9.62. The van der Waals surface area contributed by atoms with E-state index in [0.29, 0.717) is 18.7 Å². The van der Waals surface area contributed by atoms with Gasteiger partial charge in [0.1, 0.15) is 11.8 Å². The molecule has 0 atom stereocenters. The van der Waals surface area contributed by atoms with Gasteiger partial charge in [0, 0.05) is 32.1 Å². The van der Waals surface area contributed by atoms with Gasteiger partial charge in [0.15, 0.2) is 0 Å². The van der Waals surface area contributed by atoms with E-state index in [0.717, 1.165) is 11.4 Å². The molecule has 3 aromatic rings. The number of aryl methyl sites for hydroxylation is 1. The summed E-state index contributed by atoms with van der Waals surface area (Å²) in [5.41, 5.74) is 2.20. The normalized spacial score (nSPS) is 11.9. The predicted octanol–water partition coefficient (Wildman–Crippen LogP) is 1.33. The molecule has 9 nitrogen and oxygen atoms in total. The lowest BCUT2D eigenvalue weighted by Gasteiger charge is -2.16. The summed E-state index contributed by atoms with van der Waals surface area (Å²) in [5.74, 6) is 0. The Balaban J connectivity index is 1.61. The maximum atomic E-state index is 9.56. The van der Waals surface area contributed by atoms with Crippen LogP contribution in [0.5, 0.6) is 0 Å². The summed E-state index contributed by atoms with van der Waals surface area (Å²) in [6, 6.07) is 11.5. The van der Waals surface area contributed by atoms with Crippen LogP contribution in [-0.2, 0) is 22.3 Å². The lowest BCUT2D eigenvalue weighted by Crippen LogP contribution is -2.37. The summed E-state index contributed by atoms with van der Waals surface area (Å²) in [4.78, 5) is 27.9. The predicted molar refractivity (Wildman–Crippen MR) is 102 cm³/mol. The van der Waals surface area contributed by atoms with Crippen molar-refractivity contribution >= 4 is 8.80 Å². The van der Waals surface area contributed by atoms with E-state index in [1.165, 1.54) is 7.11 Å². The van der Waals surface area contributed by atoms with Gasteiger partial charge in [-0.05, 0) is 30.7 Å². The lowest BCUT2D eigenvalue weighted by molar-refractivity contribution is 0.0591. The number of aromatic nitrogens is 5. The zero-order chi connectivity index (χ0) is 19.8. The van der Waals surface area contributed by atoms with Gasteiger partial charge in [0.25, 0.3) is 0 Å². The zero-order valence-corrected chi connectivity index (χ0v) is 16.5. The summed E-state index contributed by atoms with van der Waals surface area (Å²) in [7, 11) is -2.23. The standard InChI is InChI=1S/C18H23N5O4Si/c1-26-28(24,25)12-6-11-23-13-15(21-22-23)14-27-18(16-7-2-4-9-19-16)17-8-3-5-10-20-17/h2-5,7-10,13,18,24-25H,6,11-12,14H2,1H3. The van der Waals surface area contributed by atoms with Crippen LogP contribution in [0.4, 0.5) is 0 Å². The molecule has 28 heavy (non-hydrogen) atoms. The van der Waals surface area contributed by atoms with Crippen molar-refractivity contribution < 1.29 is 18.8 Å². The summed E-state index contributed by atoms with van der Waals surface area (Å²) < 4.78 is 12.4. The Hall–Kier alpha value is -2.50. The molecule has 0 bridgehead atoms. The van der Waals surface area contributed by atoms with Crippen LogP contribution in [0.25, 0.3) is 0 Å². The van der Waals surface area contributed by atoms with Crippen molar-refractivity contribution in [3.8, 4) is 0 Å². The minimum absolute atomic E-state index is 0.205. The van der Waals surface area contributed by atoms with E-state index in [1.54, 1.807) is 23.3 Å². The number of nitrogens with zero attached hydrogens (tertiary/aromatic N) is 5. The monoisotopic (exact) mass is 401 g/mol. The van der Waals surface area contributed by atoms with Crippen molar-refractivity contribution in [2.75, 3.05) is 7.11 Å². The average molecular weight is 401 g/mol. The average Bonchev–Trinajstić information content (AvgIpc) is 3.17. The maximum absolute atomic E-state index is 9.56. The van der Waals surface area contributed by atoms with E-state index in [1.807, 2.05) is 36.4 Å². The van der Waals surface area contributed by atoms with Gasteiger partial charge in [-0.25, -0.2) is 0 Å². The van der Waals surface area contributed by atoms with Crippen molar-refractivity contribution in [1.82, 2.24) is 25.0 Å². The highest BCUT2D eigenvalue weighted by molar-refractivity contribution is 6.57. The number of rotatable bonds is 10. The molecule has 0 aliphatic carbocycles. The van der Waals surface area contributed by atoms with Crippen LogP contribution in [0.15, 0.2) is 55.0 Å². The maximum Gasteiger partial charge on any atom is 0.495 e. The molecule has 0 spiro atoms. The Labute approximate surface area is 164 Å². The molecular formula is C18H23N5O4Si. The number of hydrogen-bond donors (Lipinski definition) is 2. The summed E-state index contributed by atoms with van der Waals surface area (Å²) in [6.07, 6.45) is 5.33. The molecule has 0 aromatic carbocycles.